The highest BCUT2D eigenvalue weighted by molar-refractivity contribution is 6.02. The van der Waals surface area contributed by atoms with E-state index < -0.39 is 11.4 Å². The molecule has 0 spiro atoms. The van der Waals surface area contributed by atoms with Crippen molar-refractivity contribution in [3.05, 3.63) is 54.4 Å². The number of rotatable bonds is 6. The van der Waals surface area contributed by atoms with Crippen molar-refractivity contribution in [2.24, 2.45) is 5.41 Å². The van der Waals surface area contributed by atoms with Gasteiger partial charge in [-0.25, -0.2) is 0 Å². The highest BCUT2D eigenvalue weighted by Gasteiger charge is 2.47. The molecule has 25 heavy (non-hydrogen) atoms. The molecule has 0 aliphatic heterocycles. The molecule has 0 atom stereocenters. The first-order valence-electron chi connectivity index (χ1n) is 8.38. The molecule has 3 N–H and O–H groups in total. The third kappa shape index (κ3) is 3.79. The Balaban J connectivity index is 1.58. The van der Waals surface area contributed by atoms with Crippen molar-refractivity contribution < 1.29 is 14.7 Å². The molecular formula is C19H21N3O3. The first kappa shape index (κ1) is 17.0. The number of carbonyl (C=O) groups excluding carboxylic acids is 1. The van der Waals surface area contributed by atoms with E-state index in [9.17, 15) is 14.7 Å². The van der Waals surface area contributed by atoms with Gasteiger partial charge in [0.25, 0.3) is 0 Å². The number of benzene rings is 1. The maximum Gasteiger partial charge on any atom is 0.319 e. The Morgan fingerprint density at radius 2 is 1.60 bits per heavy atom. The van der Waals surface area contributed by atoms with Crippen LogP contribution in [0.4, 0.5) is 11.4 Å². The highest BCUT2D eigenvalue weighted by Crippen LogP contribution is 2.38. The molecule has 1 aliphatic rings. The molecule has 6 heteroatoms. The fourth-order valence-corrected chi connectivity index (χ4v) is 3.18. The SMILES string of the molecule is O=C(O)C1(C(=O)NCc2ccc(Nc3ccncc3)cc2)CCCC1. The van der Waals surface area contributed by atoms with Gasteiger partial charge in [0.05, 0.1) is 0 Å². The molecule has 1 saturated carbocycles. The molecule has 0 unspecified atom stereocenters. The van der Waals surface area contributed by atoms with Gasteiger partial charge < -0.3 is 15.7 Å². The minimum Gasteiger partial charge on any atom is -0.480 e. The number of hydrogen-bond acceptors (Lipinski definition) is 4. The summed E-state index contributed by atoms with van der Waals surface area (Å²) in [5.74, 6) is -1.39. The number of carboxylic acids is 1. The molecule has 1 amide bonds. The molecule has 1 aromatic heterocycles. The molecule has 130 valence electrons. The van der Waals surface area contributed by atoms with Gasteiger partial charge >= 0.3 is 5.97 Å². The van der Waals surface area contributed by atoms with E-state index in [1.54, 1.807) is 12.4 Å². The number of carbonyl (C=O) groups is 2. The Labute approximate surface area is 146 Å². The van der Waals surface area contributed by atoms with Crippen LogP contribution in [0.1, 0.15) is 31.2 Å². The van der Waals surface area contributed by atoms with Crippen LogP contribution >= 0.6 is 0 Å². The average Bonchev–Trinajstić information content (AvgIpc) is 3.13. The summed E-state index contributed by atoms with van der Waals surface area (Å²) in [6, 6.07) is 11.4. The van der Waals surface area contributed by atoms with E-state index in [1.807, 2.05) is 36.4 Å². The van der Waals surface area contributed by atoms with Gasteiger partial charge in [-0.2, -0.15) is 0 Å². The van der Waals surface area contributed by atoms with Crippen molar-refractivity contribution in [1.82, 2.24) is 10.3 Å². The van der Waals surface area contributed by atoms with Crippen molar-refractivity contribution in [2.45, 2.75) is 32.2 Å². The number of aromatic nitrogens is 1. The molecule has 3 rings (SSSR count). The van der Waals surface area contributed by atoms with Crippen molar-refractivity contribution in [3.63, 3.8) is 0 Å². The molecule has 0 bridgehead atoms. The number of hydrogen-bond donors (Lipinski definition) is 3. The minimum absolute atomic E-state index is 0.323. The third-order valence-electron chi connectivity index (χ3n) is 4.68. The highest BCUT2D eigenvalue weighted by atomic mass is 16.4. The van der Waals surface area contributed by atoms with Crippen molar-refractivity contribution >= 4 is 23.3 Å². The van der Waals surface area contributed by atoms with Crippen LogP contribution in [-0.2, 0) is 16.1 Å². The first-order valence-corrected chi connectivity index (χ1v) is 8.38. The second-order valence-corrected chi connectivity index (χ2v) is 6.33. The molecule has 1 heterocycles. The molecule has 1 aliphatic carbocycles. The van der Waals surface area contributed by atoms with E-state index in [1.165, 1.54) is 0 Å². The molecule has 2 aromatic rings. The number of nitrogens with zero attached hydrogens (tertiary/aromatic N) is 1. The summed E-state index contributed by atoms with van der Waals surface area (Å²) in [5.41, 5.74) is 1.55. The monoisotopic (exact) mass is 339 g/mol. The number of pyridine rings is 1. The quantitative estimate of drug-likeness (QED) is 0.704. The summed E-state index contributed by atoms with van der Waals surface area (Å²) < 4.78 is 0. The molecule has 0 saturated heterocycles. The fraction of sp³-hybridized carbons (Fsp3) is 0.316. The van der Waals surface area contributed by atoms with Crippen LogP contribution in [-0.4, -0.2) is 22.0 Å². The zero-order valence-corrected chi connectivity index (χ0v) is 13.9. The fourth-order valence-electron chi connectivity index (χ4n) is 3.18. The number of anilines is 2. The van der Waals surface area contributed by atoms with Crippen LogP contribution < -0.4 is 10.6 Å². The van der Waals surface area contributed by atoms with Gasteiger partial charge in [-0.15, -0.1) is 0 Å². The second-order valence-electron chi connectivity index (χ2n) is 6.33. The summed E-state index contributed by atoms with van der Waals surface area (Å²) in [6.07, 6.45) is 5.84. The molecule has 1 fully saturated rings. The first-order chi connectivity index (χ1) is 12.1. The predicted octanol–water partition coefficient (Wildman–Crippen LogP) is 3.09. The summed E-state index contributed by atoms with van der Waals surface area (Å²) in [5, 5.41) is 15.5. The molecule has 6 nitrogen and oxygen atoms in total. The molecular weight excluding hydrogens is 318 g/mol. The summed E-state index contributed by atoms with van der Waals surface area (Å²) in [6.45, 7) is 0.323. The van der Waals surface area contributed by atoms with Gasteiger partial charge in [-0.1, -0.05) is 25.0 Å². The van der Waals surface area contributed by atoms with Crippen molar-refractivity contribution in [1.29, 1.82) is 0 Å². The lowest BCUT2D eigenvalue weighted by atomic mass is 9.85. The van der Waals surface area contributed by atoms with Gasteiger partial charge in [0.1, 0.15) is 5.41 Å². The van der Waals surface area contributed by atoms with Crippen molar-refractivity contribution in [2.75, 3.05) is 5.32 Å². The van der Waals surface area contributed by atoms with Crippen LogP contribution in [0.3, 0.4) is 0 Å². The maximum absolute atomic E-state index is 12.4. The van der Waals surface area contributed by atoms with Crippen LogP contribution in [0.5, 0.6) is 0 Å². The summed E-state index contributed by atoms with van der Waals surface area (Å²) >= 11 is 0. The predicted molar refractivity (Wildman–Crippen MR) is 94.3 cm³/mol. The van der Waals surface area contributed by atoms with Gasteiger partial charge in [0.15, 0.2) is 0 Å². The van der Waals surface area contributed by atoms with E-state index in [0.717, 1.165) is 29.8 Å². The van der Waals surface area contributed by atoms with Gasteiger partial charge in [0.2, 0.25) is 5.91 Å². The second kappa shape index (κ2) is 7.34. The third-order valence-corrected chi connectivity index (χ3v) is 4.68. The summed E-state index contributed by atoms with van der Waals surface area (Å²) in [7, 11) is 0. The Hall–Kier alpha value is -2.89. The van der Waals surface area contributed by atoms with Crippen LogP contribution in [0.15, 0.2) is 48.8 Å². The maximum atomic E-state index is 12.4. The Bertz CT molecular complexity index is 738. The number of amides is 1. The average molecular weight is 339 g/mol. The van der Waals surface area contributed by atoms with Gasteiger partial charge in [0, 0.05) is 30.3 Å². The lowest BCUT2D eigenvalue weighted by Crippen LogP contribution is -2.44. The molecule has 0 radical (unpaired) electrons. The van der Waals surface area contributed by atoms with E-state index in [4.69, 9.17) is 0 Å². The standard InChI is InChI=1S/C19H21N3O3/c23-17(19(18(24)25)9-1-2-10-19)21-13-14-3-5-15(6-4-14)22-16-7-11-20-12-8-16/h3-8,11-12H,1-2,9-10,13H2,(H,20,22)(H,21,23)(H,24,25). The van der Waals surface area contributed by atoms with Crippen molar-refractivity contribution in [3.8, 4) is 0 Å². The number of aliphatic carboxylic acids is 1. The zero-order chi connectivity index (χ0) is 17.7. The number of nitrogens with one attached hydrogen (secondary N) is 2. The minimum atomic E-state index is -1.25. The Morgan fingerprint density at radius 3 is 2.20 bits per heavy atom. The van der Waals surface area contributed by atoms with E-state index in [0.29, 0.717) is 19.4 Å². The lowest BCUT2D eigenvalue weighted by molar-refractivity contribution is -0.155. The van der Waals surface area contributed by atoms with Crippen LogP contribution in [0.25, 0.3) is 0 Å². The Morgan fingerprint density at radius 1 is 1.00 bits per heavy atom. The largest absolute Gasteiger partial charge is 0.480 e. The van der Waals surface area contributed by atoms with E-state index in [-0.39, 0.29) is 5.91 Å². The van der Waals surface area contributed by atoms with Crippen LogP contribution in [0, 0.1) is 5.41 Å². The smallest absolute Gasteiger partial charge is 0.319 e. The lowest BCUT2D eigenvalue weighted by Gasteiger charge is -2.22. The van der Waals surface area contributed by atoms with Gasteiger partial charge in [-0.05, 0) is 42.7 Å². The van der Waals surface area contributed by atoms with Crippen LogP contribution in [0.2, 0.25) is 0 Å². The van der Waals surface area contributed by atoms with E-state index >= 15 is 0 Å². The normalized spacial score (nSPS) is 15.5. The van der Waals surface area contributed by atoms with E-state index in [2.05, 4.69) is 15.6 Å². The summed E-state index contributed by atoms with van der Waals surface area (Å²) in [4.78, 5) is 27.9. The topological polar surface area (TPSA) is 91.3 Å². The number of carboxylic acid groups (broad SMARTS) is 1. The Kier molecular flexibility index (Phi) is 4.97. The molecule has 1 aromatic carbocycles. The van der Waals surface area contributed by atoms with Gasteiger partial charge in [-0.3, -0.25) is 14.6 Å². The zero-order valence-electron chi connectivity index (χ0n) is 13.9.